The summed E-state index contributed by atoms with van der Waals surface area (Å²) in [5.74, 6) is 0.656. The molecule has 0 saturated heterocycles. The van der Waals surface area contributed by atoms with Gasteiger partial charge in [-0.25, -0.2) is 0 Å². The van der Waals surface area contributed by atoms with E-state index in [9.17, 15) is 0 Å². The second-order valence-electron chi connectivity index (χ2n) is 5.21. The summed E-state index contributed by atoms with van der Waals surface area (Å²) in [6, 6.07) is 5.73. The van der Waals surface area contributed by atoms with Crippen LogP contribution in [0.5, 0.6) is 5.75 Å². The maximum absolute atomic E-state index is 8.86. The van der Waals surface area contributed by atoms with Crippen LogP contribution in [0.25, 0.3) is 0 Å². The monoisotopic (exact) mass is 293 g/mol. The predicted octanol–water partition coefficient (Wildman–Crippen LogP) is 2.85. The van der Waals surface area contributed by atoms with Crippen molar-refractivity contribution in [3.63, 3.8) is 0 Å². The van der Waals surface area contributed by atoms with Crippen LogP contribution in [-0.2, 0) is 6.54 Å². The highest BCUT2D eigenvalue weighted by Crippen LogP contribution is 2.22. The normalized spacial score (nSPS) is 12.5. The molecule has 0 amide bonds. The van der Waals surface area contributed by atoms with Crippen molar-refractivity contribution >= 4 is 5.84 Å². The topological polar surface area (TPSA) is 79.9 Å². The molecule has 1 aromatic carbocycles. The SMILES string of the molecule is CCC(CC)(CC)NCc1ccc(OC)c(C(N)=NO)c1. The first-order valence-electron chi connectivity index (χ1n) is 7.45. The van der Waals surface area contributed by atoms with Crippen molar-refractivity contribution in [2.24, 2.45) is 10.9 Å². The zero-order chi connectivity index (χ0) is 15.9. The van der Waals surface area contributed by atoms with Crippen molar-refractivity contribution in [1.82, 2.24) is 5.32 Å². The van der Waals surface area contributed by atoms with Gasteiger partial charge in [-0.1, -0.05) is 32.0 Å². The molecule has 0 saturated carbocycles. The van der Waals surface area contributed by atoms with Crippen LogP contribution in [0.3, 0.4) is 0 Å². The van der Waals surface area contributed by atoms with Crippen LogP contribution in [-0.4, -0.2) is 23.7 Å². The maximum atomic E-state index is 8.86. The molecule has 0 radical (unpaired) electrons. The van der Waals surface area contributed by atoms with Crippen LogP contribution >= 0.6 is 0 Å². The molecule has 0 aliphatic carbocycles. The minimum atomic E-state index is 0.0569. The Labute approximate surface area is 127 Å². The first kappa shape index (κ1) is 17.3. The highest BCUT2D eigenvalue weighted by molar-refractivity contribution is 5.99. The molecule has 1 rings (SSSR count). The van der Waals surface area contributed by atoms with Crippen LogP contribution in [0.4, 0.5) is 0 Å². The molecule has 0 aliphatic rings. The Morgan fingerprint density at radius 2 is 1.90 bits per heavy atom. The summed E-state index contributed by atoms with van der Waals surface area (Å²) in [7, 11) is 1.57. The third-order valence-corrected chi connectivity index (χ3v) is 4.35. The van der Waals surface area contributed by atoms with Crippen molar-refractivity contribution in [3.05, 3.63) is 29.3 Å². The minimum absolute atomic E-state index is 0.0569. The fraction of sp³-hybridized carbons (Fsp3) is 0.562. The lowest BCUT2D eigenvalue weighted by Crippen LogP contribution is -2.43. The van der Waals surface area contributed by atoms with E-state index in [1.54, 1.807) is 7.11 Å². The maximum Gasteiger partial charge on any atom is 0.173 e. The summed E-state index contributed by atoms with van der Waals surface area (Å²) in [5.41, 5.74) is 7.55. The van der Waals surface area contributed by atoms with E-state index in [0.717, 1.165) is 31.4 Å². The third-order valence-electron chi connectivity index (χ3n) is 4.35. The highest BCUT2D eigenvalue weighted by Gasteiger charge is 2.22. The lowest BCUT2D eigenvalue weighted by atomic mass is 9.89. The Morgan fingerprint density at radius 1 is 1.29 bits per heavy atom. The average molecular weight is 293 g/mol. The Bertz CT molecular complexity index is 474. The molecule has 0 heterocycles. The first-order valence-corrected chi connectivity index (χ1v) is 7.45. The van der Waals surface area contributed by atoms with Crippen LogP contribution in [0, 0.1) is 0 Å². The molecule has 0 atom stereocenters. The number of ether oxygens (including phenoxy) is 1. The van der Waals surface area contributed by atoms with Gasteiger partial charge in [0.15, 0.2) is 5.84 Å². The summed E-state index contributed by atoms with van der Waals surface area (Å²) < 4.78 is 5.24. The molecule has 0 fully saturated rings. The van der Waals surface area contributed by atoms with Crippen LogP contribution in [0.15, 0.2) is 23.4 Å². The summed E-state index contributed by atoms with van der Waals surface area (Å²) in [4.78, 5) is 0. The quantitative estimate of drug-likeness (QED) is 0.298. The molecule has 5 nitrogen and oxygen atoms in total. The van der Waals surface area contributed by atoms with Gasteiger partial charge in [0.05, 0.1) is 12.7 Å². The molecule has 118 valence electrons. The Balaban J connectivity index is 2.95. The number of hydrogen-bond donors (Lipinski definition) is 3. The number of nitrogens with one attached hydrogen (secondary N) is 1. The zero-order valence-electron chi connectivity index (χ0n) is 13.4. The summed E-state index contributed by atoms with van der Waals surface area (Å²) in [6.07, 6.45) is 3.26. The molecular formula is C16H27N3O2. The van der Waals surface area contributed by atoms with Gasteiger partial charge >= 0.3 is 0 Å². The lowest BCUT2D eigenvalue weighted by Gasteiger charge is -2.32. The van der Waals surface area contributed by atoms with Gasteiger partial charge in [0, 0.05) is 12.1 Å². The molecule has 5 heteroatoms. The van der Waals surface area contributed by atoms with Gasteiger partial charge < -0.3 is 21.0 Å². The lowest BCUT2D eigenvalue weighted by molar-refractivity contribution is 0.288. The van der Waals surface area contributed by atoms with Gasteiger partial charge in [0.25, 0.3) is 0 Å². The highest BCUT2D eigenvalue weighted by atomic mass is 16.5. The largest absolute Gasteiger partial charge is 0.496 e. The second-order valence-corrected chi connectivity index (χ2v) is 5.21. The van der Waals surface area contributed by atoms with E-state index in [1.165, 1.54) is 0 Å². The fourth-order valence-corrected chi connectivity index (χ4v) is 2.53. The molecule has 0 aliphatic heterocycles. The number of methoxy groups -OCH3 is 1. The number of benzene rings is 1. The van der Waals surface area contributed by atoms with E-state index < -0.39 is 0 Å². The molecule has 0 bridgehead atoms. The molecule has 21 heavy (non-hydrogen) atoms. The van der Waals surface area contributed by atoms with Crippen molar-refractivity contribution in [2.45, 2.75) is 52.1 Å². The predicted molar refractivity (Wildman–Crippen MR) is 85.9 cm³/mol. The number of rotatable bonds is 8. The zero-order valence-corrected chi connectivity index (χ0v) is 13.4. The Morgan fingerprint density at radius 3 is 2.38 bits per heavy atom. The number of oxime groups is 1. The first-order chi connectivity index (χ1) is 10.1. The van der Waals surface area contributed by atoms with Gasteiger partial charge in [-0.15, -0.1) is 0 Å². The van der Waals surface area contributed by atoms with E-state index in [4.69, 9.17) is 15.7 Å². The standard InChI is InChI=1S/C16H27N3O2/c1-5-16(6-2,7-3)18-11-12-8-9-14(21-4)13(10-12)15(17)19-20/h8-10,18,20H,5-7,11H2,1-4H3,(H2,17,19). The van der Waals surface area contributed by atoms with Crippen molar-refractivity contribution < 1.29 is 9.94 Å². The van der Waals surface area contributed by atoms with Crippen molar-refractivity contribution in [2.75, 3.05) is 7.11 Å². The summed E-state index contributed by atoms with van der Waals surface area (Å²) in [6.45, 7) is 7.35. The van der Waals surface area contributed by atoms with Gasteiger partial charge in [-0.05, 0) is 37.0 Å². The Hall–Kier alpha value is -1.75. The smallest absolute Gasteiger partial charge is 0.173 e. The van der Waals surface area contributed by atoms with E-state index >= 15 is 0 Å². The number of nitrogens with two attached hydrogens (primary N) is 1. The van der Waals surface area contributed by atoms with Crippen molar-refractivity contribution in [3.8, 4) is 5.75 Å². The van der Waals surface area contributed by atoms with Gasteiger partial charge in [0.1, 0.15) is 5.75 Å². The van der Waals surface area contributed by atoms with E-state index in [2.05, 4.69) is 31.2 Å². The Kier molecular flexibility index (Phi) is 6.49. The second kappa shape index (κ2) is 7.88. The third kappa shape index (κ3) is 4.11. The van der Waals surface area contributed by atoms with E-state index in [0.29, 0.717) is 11.3 Å². The molecular weight excluding hydrogens is 266 g/mol. The molecule has 0 spiro atoms. The fourth-order valence-electron chi connectivity index (χ4n) is 2.53. The van der Waals surface area contributed by atoms with Crippen molar-refractivity contribution in [1.29, 1.82) is 0 Å². The van der Waals surface area contributed by atoms with Crippen LogP contribution < -0.4 is 15.8 Å². The van der Waals surface area contributed by atoms with Crippen LogP contribution in [0.2, 0.25) is 0 Å². The average Bonchev–Trinajstić information content (AvgIpc) is 2.55. The molecule has 1 aromatic rings. The number of hydrogen-bond acceptors (Lipinski definition) is 4. The van der Waals surface area contributed by atoms with Gasteiger partial charge in [-0.3, -0.25) is 0 Å². The van der Waals surface area contributed by atoms with Gasteiger partial charge in [-0.2, -0.15) is 0 Å². The van der Waals surface area contributed by atoms with E-state index in [1.807, 2.05) is 18.2 Å². The number of amidine groups is 1. The van der Waals surface area contributed by atoms with Crippen LogP contribution in [0.1, 0.15) is 51.2 Å². The summed E-state index contributed by atoms with van der Waals surface area (Å²) >= 11 is 0. The molecule has 0 unspecified atom stereocenters. The minimum Gasteiger partial charge on any atom is -0.496 e. The van der Waals surface area contributed by atoms with E-state index in [-0.39, 0.29) is 11.4 Å². The molecule has 4 N–H and O–H groups in total. The number of nitrogens with zero attached hydrogens (tertiary/aromatic N) is 1. The summed E-state index contributed by atoms with van der Waals surface area (Å²) in [5, 5.41) is 15.6. The molecule has 0 aromatic heterocycles. The van der Waals surface area contributed by atoms with Gasteiger partial charge in [0.2, 0.25) is 0 Å².